The number of benzene rings is 2. The van der Waals surface area contributed by atoms with Gasteiger partial charge in [0.25, 0.3) is 0 Å². The average molecular weight is 422 g/mol. The first-order chi connectivity index (χ1) is 13.2. The predicted octanol–water partition coefficient (Wildman–Crippen LogP) is 5.31. The van der Waals surface area contributed by atoms with Gasteiger partial charge in [0.05, 0.1) is 12.0 Å². The van der Waals surface area contributed by atoms with Crippen LogP contribution in [0.15, 0.2) is 48.5 Å². The molecule has 1 aliphatic heterocycles. The van der Waals surface area contributed by atoms with Gasteiger partial charge >= 0.3 is 5.97 Å². The second-order valence-electron chi connectivity index (χ2n) is 8.15. The summed E-state index contributed by atoms with van der Waals surface area (Å²) in [5.74, 6) is -0.241. The van der Waals surface area contributed by atoms with E-state index in [0.717, 1.165) is 11.1 Å². The summed E-state index contributed by atoms with van der Waals surface area (Å²) in [6, 6.07) is 15.2. The van der Waals surface area contributed by atoms with Crippen molar-refractivity contribution in [3.63, 3.8) is 0 Å². The third-order valence-corrected chi connectivity index (χ3v) is 5.29. The van der Waals surface area contributed by atoms with E-state index in [9.17, 15) is 4.79 Å². The van der Waals surface area contributed by atoms with Crippen molar-refractivity contribution in [3.8, 4) is 0 Å². The lowest BCUT2D eigenvalue weighted by Gasteiger charge is -2.30. The normalized spacial score (nSPS) is 22.2. The monoisotopic (exact) mass is 421 g/mol. The summed E-state index contributed by atoms with van der Waals surface area (Å²) in [6.07, 6.45) is 0.108. The van der Waals surface area contributed by atoms with Crippen molar-refractivity contribution in [2.24, 2.45) is 5.41 Å². The van der Waals surface area contributed by atoms with Crippen LogP contribution < -0.4 is 5.32 Å². The molecule has 1 aliphatic rings. The molecule has 2 atom stereocenters. The van der Waals surface area contributed by atoms with E-state index in [0.29, 0.717) is 29.6 Å². The van der Waals surface area contributed by atoms with Gasteiger partial charge in [-0.15, -0.1) is 0 Å². The highest BCUT2D eigenvalue weighted by molar-refractivity contribution is 6.30. The minimum absolute atomic E-state index is 0.241. The highest BCUT2D eigenvalue weighted by Gasteiger charge is 2.44. The summed E-state index contributed by atoms with van der Waals surface area (Å²) in [5.41, 5.74) is 0.838. The zero-order valence-electron chi connectivity index (χ0n) is 16.3. The Kier molecular flexibility index (Phi) is 6.35. The van der Waals surface area contributed by atoms with Crippen LogP contribution in [0.3, 0.4) is 0 Å². The number of nitrogens with one attached hydrogen (secondary N) is 1. The van der Waals surface area contributed by atoms with Gasteiger partial charge in [-0.1, -0.05) is 47.5 Å². The summed E-state index contributed by atoms with van der Waals surface area (Å²) >= 11 is 12.0. The number of carbonyl (C=O) groups is 1. The Morgan fingerprint density at radius 1 is 1.07 bits per heavy atom. The number of hydrogen-bond donors (Lipinski definition) is 1. The van der Waals surface area contributed by atoms with Crippen LogP contribution in [0.4, 0.5) is 0 Å². The molecule has 6 heteroatoms. The summed E-state index contributed by atoms with van der Waals surface area (Å²) < 4.78 is 12.1. The second kappa shape index (κ2) is 8.42. The summed E-state index contributed by atoms with van der Waals surface area (Å²) in [7, 11) is 0. The minimum Gasteiger partial charge on any atom is -0.446 e. The number of halogens is 2. The predicted molar refractivity (Wildman–Crippen MR) is 111 cm³/mol. The molecule has 28 heavy (non-hydrogen) atoms. The van der Waals surface area contributed by atoms with Crippen molar-refractivity contribution in [2.75, 3.05) is 6.54 Å². The number of hydrogen-bond acceptors (Lipinski definition) is 4. The van der Waals surface area contributed by atoms with E-state index >= 15 is 0 Å². The molecule has 3 rings (SSSR count). The van der Waals surface area contributed by atoms with Crippen LogP contribution >= 0.6 is 23.2 Å². The van der Waals surface area contributed by atoms with Crippen molar-refractivity contribution in [1.29, 1.82) is 0 Å². The number of carbonyl (C=O) groups excluding carboxylic acids is 1. The second-order valence-corrected chi connectivity index (χ2v) is 9.02. The Bertz CT molecular complexity index is 815. The van der Waals surface area contributed by atoms with Gasteiger partial charge < -0.3 is 9.47 Å². The van der Waals surface area contributed by atoms with E-state index in [-0.39, 0.29) is 5.97 Å². The van der Waals surface area contributed by atoms with E-state index < -0.39 is 17.2 Å². The molecule has 0 aromatic heterocycles. The van der Waals surface area contributed by atoms with Crippen LogP contribution in [0.1, 0.15) is 38.3 Å². The van der Waals surface area contributed by atoms with E-state index in [1.54, 1.807) is 0 Å². The molecule has 2 aromatic carbocycles. The van der Waals surface area contributed by atoms with Crippen LogP contribution in [0.25, 0.3) is 0 Å². The van der Waals surface area contributed by atoms with Gasteiger partial charge in [-0.3, -0.25) is 10.1 Å². The number of rotatable bonds is 5. The Hall–Kier alpha value is -1.59. The topological polar surface area (TPSA) is 47.6 Å². The molecule has 0 amide bonds. The number of esters is 1. The van der Waals surface area contributed by atoms with Crippen LogP contribution in [0.5, 0.6) is 0 Å². The molecule has 1 N–H and O–H groups in total. The van der Waals surface area contributed by atoms with Crippen LogP contribution in [0.2, 0.25) is 10.0 Å². The van der Waals surface area contributed by atoms with Crippen molar-refractivity contribution in [3.05, 3.63) is 69.7 Å². The smallest absolute Gasteiger partial charge is 0.312 e. The fraction of sp³-hybridized carbons (Fsp3) is 0.409. The maximum Gasteiger partial charge on any atom is 0.312 e. The van der Waals surface area contributed by atoms with Gasteiger partial charge in [0.15, 0.2) is 6.23 Å². The lowest BCUT2D eigenvalue weighted by Crippen LogP contribution is -2.33. The van der Waals surface area contributed by atoms with Crippen LogP contribution in [0, 0.1) is 5.41 Å². The zero-order valence-corrected chi connectivity index (χ0v) is 17.8. The highest BCUT2D eigenvalue weighted by Crippen LogP contribution is 2.37. The largest absolute Gasteiger partial charge is 0.446 e. The van der Waals surface area contributed by atoms with Crippen molar-refractivity contribution in [1.82, 2.24) is 5.32 Å². The van der Waals surface area contributed by atoms with Gasteiger partial charge in [-0.2, -0.15) is 0 Å². The Morgan fingerprint density at radius 2 is 1.64 bits per heavy atom. The zero-order chi connectivity index (χ0) is 20.4. The van der Waals surface area contributed by atoms with E-state index in [4.69, 9.17) is 32.7 Å². The fourth-order valence-electron chi connectivity index (χ4n) is 3.08. The molecule has 2 unspecified atom stereocenters. The molecule has 4 nitrogen and oxygen atoms in total. The molecule has 150 valence electrons. The molecule has 0 saturated carbocycles. The van der Waals surface area contributed by atoms with Crippen molar-refractivity contribution < 1.29 is 14.3 Å². The first kappa shape index (κ1) is 21.1. The van der Waals surface area contributed by atoms with Gasteiger partial charge in [-0.05, 0) is 56.2 Å². The van der Waals surface area contributed by atoms with Gasteiger partial charge in [-0.25, -0.2) is 0 Å². The Morgan fingerprint density at radius 3 is 2.21 bits per heavy atom. The molecule has 2 aromatic rings. The molecule has 0 bridgehead atoms. The SMILES string of the molecule is CC(C)(C)C(=O)OC1CC(OCc2ccc(Cl)cc2)(c2ccc(Cl)cc2)CN1. The van der Waals surface area contributed by atoms with Crippen molar-refractivity contribution in [2.45, 2.75) is 45.6 Å². The molecular weight excluding hydrogens is 397 g/mol. The highest BCUT2D eigenvalue weighted by atomic mass is 35.5. The van der Waals surface area contributed by atoms with E-state index in [1.165, 1.54) is 0 Å². The molecule has 1 heterocycles. The molecule has 1 fully saturated rings. The minimum atomic E-state index is -0.618. The molecule has 1 saturated heterocycles. The van der Waals surface area contributed by atoms with E-state index in [1.807, 2.05) is 69.3 Å². The summed E-state index contributed by atoms with van der Waals surface area (Å²) in [5, 5.41) is 4.64. The maximum atomic E-state index is 12.3. The first-order valence-corrected chi connectivity index (χ1v) is 10.0. The molecule has 0 spiro atoms. The van der Waals surface area contributed by atoms with Gasteiger partial charge in [0, 0.05) is 23.0 Å². The molecule has 0 aliphatic carbocycles. The lowest BCUT2D eigenvalue weighted by molar-refractivity contribution is -0.160. The molecule has 0 radical (unpaired) electrons. The summed E-state index contributed by atoms with van der Waals surface area (Å²) in [4.78, 5) is 12.3. The lowest BCUT2D eigenvalue weighted by atomic mass is 9.92. The fourth-order valence-corrected chi connectivity index (χ4v) is 3.33. The third-order valence-electron chi connectivity index (χ3n) is 4.79. The quantitative estimate of drug-likeness (QED) is 0.663. The summed E-state index contributed by atoms with van der Waals surface area (Å²) in [6.45, 7) is 6.47. The Balaban J connectivity index is 1.79. The molecular formula is C22H25Cl2NO3. The van der Waals surface area contributed by atoms with Crippen LogP contribution in [-0.4, -0.2) is 18.7 Å². The Labute approximate surface area is 176 Å². The van der Waals surface area contributed by atoms with Gasteiger partial charge in [0.2, 0.25) is 0 Å². The van der Waals surface area contributed by atoms with E-state index in [2.05, 4.69) is 5.32 Å². The maximum absolute atomic E-state index is 12.3. The third kappa shape index (κ3) is 5.06. The van der Waals surface area contributed by atoms with Crippen LogP contribution in [-0.2, 0) is 26.5 Å². The van der Waals surface area contributed by atoms with Gasteiger partial charge in [0.1, 0.15) is 5.60 Å². The average Bonchev–Trinajstić information content (AvgIpc) is 3.05. The first-order valence-electron chi connectivity index (χ1n) is 9.27. The number of ether oxygens (including phenoxy) is 2. The standard InChI is InChI=1S/C22H25Cl2NO3/c1-21(2,3)20(26)28-19-12-22(14-25-19,16-6-10-18(24)11-7-16)27-13-15-4-8-17(23)9-5-15/h4-11,19,25H,12-14H2,1-3H3. The van der Waals surface area contributed by atoms with Crippen molar-refractivity contribution >= 4 is 29.2 Å².